The van der Waals surface area contributed by atoms with Gasteiger partial charge in [0, 0.05) is 68.1 Å². The Kier molecular flexibility index (Phi) is 5.72. The average Bonchev–Trinajstić information content (AvgIpc) is 2.76. The van der Waals surface area contributed by atoms with Crippen LogP contribution in [-0.2, 0) is 4.79 Å². The van der Waals surface area contributed by atoms with Crippen LogP contribution in [0.2, 0.25) is 5.02 Å². The van der Waals surface area contributed by atoms with Crippen molar-refractivity contribution in [3.05, 3.63) is 53.3 Å². The molecule has 0 N–H and O–H groups in total. The molecule has 0 unspecified atom stereocenters. The van der Waals surface area contributed by atoms with Gasteiger partial charge in [-0.25, -0.2) is 0 Å². The van der Waals surface area contributed by atoms with Gasteiger partial charge in [0.05, 0.1) is 5.92 Å². The van der Waals surface area contributed by atoms with Crippen molar-refractivity contribution in [3.63, 3.8) is 0 Å². The number of anilines is 2. The van der Waals surface area contributed by atoms with Crippen LogP contribution in [0.1, 0.15) is 18.4 Å². The molecule has 3 heterocycles. The SMILES string of the molecule is Cc1ccc(Cl)cc1N1CCN(C(=O)[C@H]2CCCN(c3ccncc3)C2)CC1. The summed E-state index contributed by atoms with van der Waals surface area (Å²) in [5.41, 5.74) is 3.57. The van der Waals surface area contributed by atoms with E-state index in [2.05, 4.69) is 32.7 Å². The highest BCUT2D eigenvalue weighted by Gasteiger charge is 2.31. The number of hydrogen-bond acceptors (Lipinski definition) is 4. The molecule has 1 atom stereocenters. The van der Waals surface area contributed by atoms with Crippen molar-refractivity contribution in [1.82, 2.24) is 9.88 Å². The maximum absolute atomic E-state index is 13.1. The summed E-state index contributed by atoms with van der Waals surface area (Å²) in [5, 5.41) is 0.762. The second-order valence-corrected chi connectivity index (χ2v) is 8.17. The van der Waals surface area contributed by atoms with Gasteiger partial charge >= 0.3 is 0 Å². The zero-order valence-electron chi connectivity index (χ0n) is 16.4. The van der Waals surface area contributed by atoms with Crippen molar-refractivity contribution in [1.29, 1.82) is 0 Å². The predicted molar refractivity (Wildman–Crippen MR) is 114 cm³/mol. The van der Waals surface area contributed by atoms with Crippen molar-refractivity contribution in [2.45, 2.75) is 19.8 Å². The van der Waals surface area contributed by atoms with Crippen LogP contribution in [0.15, 0.2) is 42.7 Å². The van der Waals surface area contributed by atoms with E-state index in [0.717, 1.165) is 62.8 Å². The third-order valence-electron chi connectivity index (χ3n) is 5.90. The summed E-state index contributed by atoms with van der Waals surface area (Å²) < 4.78 is 0. The topological polar surface area (TPSA) is 39.7 Å². The lowest BCUT2D eigenvalue weighted by molar-refractivity contribution is -0.136. The number of carbonyl (C=O) groups is 1. The summed E-state index contributed by atoms with van der Waals surface area (Å²) >= 11 is 6.18. The fraction of sp³-hybridized carbons (Fsp3) is 0.455. The van der Waals surface area contributed by atoms with E-state index in [1.165, 1.54) is 11.3 Å². The normalized spacial score (nSPS) is 20.4. The lowest BCUT2D eigenvalue weighted by atomic mass is 9.95. The van der Waals surface area contributed by atoms with Gasteiger partial charge in [-0.2, -0.15) is 0 Å². The van der Waals surface area contributed by atoms with Gasteiger partial charge in [0.15, 0.2) is 0 Å². The maximum atomic E-state index is 13.1. The first kappa shape index (κ1) is 19.1. The van der Waals surface area contributed by atoms with Crippen LogP contribution in [0.25, 0.3) is 0 Å². The smallest absolute Gasteiger partial charge is 0.227 e. The second-order valence-electron chi connectivity index (χ2n) is 7.73. The molecule has 2 aliphatic rings. The largest absolute Gasteiger partial charge is 0.371 e. The Bertz CT molecular complexity index is 821. The molecule has 2 aromatic rings. The van der Waals surface area contributed by atoms with Gasteiger partial charge in [-0.3, -0.25) is 9.78 Å². The molecule has 1 aromatic heterocycles. The lowest BCUT2D eigenvalue weighted by Gasteiger charge is -2.40. The van der Waals surface area contributed by atoms with Gasteiger partial charge in [-0.05, 0) is 49.6 Å². The highest BCUT2D eigenvalue weighted by molar-refractivity contribution is 6.30. The summed E-state index contributed by atoms with van der Waals surface area (Å²) in [5.74, 6) is 0.391. The molecule has 148 valence electrons. The summed E-state index contributed by atoms with van der Waals surface area (Å²) in [6, 6.07) is 10.1. The first-order valence-corrected chi connectivity index (χ1v) is 10.4. The molecule has 2 aliphatic heterocycles. The molecule has 0 saturated carbocycles. The second kappa shape index (κ2) is 8.39. The molecule has 4 rings (SSSR count). The zero-order chi connectivity index (χ0) is 19.5. The van der Waals surface area contributed by atoms with E-state index in [1.807, 2.05) is 36.7 Å². The van der Waals surface area contributed by atoms with Gasteiger partial charge < -0.3 is 14.7 Å². The van der Waals surface area contributed by atoms with E-state index < -0.39 is 0 Å². The number of amides is 1. The molecular formula is C22H27ClN4O. The Labute approximate surface area is 171 Å². The fourth-order valence-electron chi connectivity index (χ4n) is 4.32. The lowest BCUT2D eigenvalue weighted by Crippen LogP contribution is -2.52. The molecule has 6 heteroatoms. The number of carbonyl (C=O) groups excluding carboxylic acids is 1. The molecule has 2 saturated heterocycles. The van der Waals surface area contributed by atoms with Crippen molar-refractivity contribution >= 4 is 28.9 Å². The molecule has 1 amide bonds. The predicted octanol–water partition coefficient (Wildman–Crippen LogP) is 3.61. The van der Waals surface area contributed by atoms with Crippen LogP contribution in [-0.4, -0.2) is 55.1 Å². The number of piperazine rings is 1. The number of nitrogens with zero attached hydrogens (tertiary/aromatic N) is 4. The van der Waals surface area contributed by atoms with Crippen LogP contribution in [0, 0.1) is 12.8 Å². The Morgan fingerprint density at radius 3 is 2.54 bits per heavy atom. The molecule has 0 bridgehead atoms. The van der Waals surface area contributed by atoms with Crippen molar-refractivity contribution in [3.8, 4) is 0 Å². The van der Waals surface area contributed by atoms with Crippen molar-refractivity contribution in [2.24, 2.45) is 5.92 Å². The van der Waals surface area contributed by atoms with E-state index in [0.29, 0.717) is 5.91 Å². The Hall–Kier alpha value is -2.27. The highest BCUT2D eigenvalue weighted by atomic mass is 35.5. The summed E-state index contributed by atoms with van der Waals surface area (Å²) in [7, 11) is 0. The Morgan fingerprint density at radius 1 is 1.04 bits per heavy atom. The summed E-state index contributed by atoms with van der Waals surface area (Å²) in [6.45, 7) is 7.18. The van der Waals surface area contributed by atoms with Crippen LogP contribution >= 0.6 is 11.6 Å². The van der Waals surface area contributed by atoms with Gasteiger partial charge in [0.2, 0.25) is 5.91 Å². The van der Waals surface area contributed by atoms with Crippen LogP contribution < -0.4 is 9.80 Å². The number of benzene rings is 1. The molecule has 0 spiro atoms. The Balaban J connectivity index is 1.36. The standard InChI is InChI=1S/C22H27ClN4O/c1-17-4-5-19(23)15-21(17)25-11-13-26(14-12-25)22(28)18-3-2-10-27(16-18)20-6-8-24-9-7-20/h4-9,15,18H,2-3,10-14,16H2,1H3/t18-/m0/s1. The molecule has 28 heavy (non-hydrogen) atoms. The highest BCUT2D eigenvalue weighted by Crippen LogP contribution is 2.27. The van der Waals surface area contributed by atoms with Gasteiger partial charge in [-0.1, -0.05) is 17.7 Å². The minimum Gasteiger partial charge on any atom is -0.371 e. The number of piperidine rings is 1. The number of hydrogen-bond donors (Lipinski definition) is 0. The number of halogens is 1. The maximum Gasteiger partial charge on any atom is 0.227 e. The van der Waals surface area contributed by atoms with Crippen LogP contribution in [0.3, 0.4) is 0 Å². The average molecular weight is 399 g/mol. The van der Waals surface area contributed by atoms with E-state index in [9.17, 15) is 4.79 Å². The van der Waals surface area contributed by atoms with E-state index in [1.54, 1.807) is 0 Å². The third-order valence-corrected chi connectivity index (χ3v) is 6.14. The zero-order valence-corrected chi connectivity index (χ0v) is 17.1. The molecule has 0 radical (unpaired) electrons. The molecule has 2 fully saturated rings. The van der Waals surface area contributed by atoms with Crippen LogP contribution in [0.5, 0.6) is 0 Å². The quantitative estimate of drug-likeness (QED) is 0.791. The third kappa shape index (κ3) is 4.09. The number of aromatic nitrogens is 1. The molecule has 1 aromatic carbocycles. The first-order valence-electron chi connectivity index (χ1n) is 10.1. The summed E-state index contributed by atoms with van der Waals surface area (Å²) in [4.78, 5) is 24.0. The minimum atomic E-state index is 0.0846. The molecular weight excluding hydrogens is 372 g/mol. The monoisotopic (exact) mass is 398 g/mol. The van der Waals surface area contributed by atoms with Crippen molar-refractivity contribution < 1.29 is 4.79 Å². The molecule has 0 aliphatic carbocycles. The fourth-order valence-corrected chi connectivity index (χ4v) is 4.48. The number of rotatable bonds is 3. The van der Waals surface area contributed by atoms with Crippen LogP contribution in [0.4, 0.5) is 11.4 Å². The number of aryl methyl sites for hydroxylation is 1. The van der Waals surface area contributed by atoms with E-state index in [4.69, 9.17) is 11.6 Å². The number of pyridine rings is 1. The molecule has 5 nitrogen and oxygen atoms in total. The minimum absolute atomic E-state index is 0.0846. The summed E-state index contributed by atoms with van der Waals surface area (Å²) in [6.07, 6.45) is 5.67. The van der Waals surface area contributed by atoms with Gasteiger partial charge in [0.25, 0.3) is 0 Å². The Morgan fingerprint density at radius 2 is 1.79 bits per heavy atom. The van der Waals surface area contributed by atoms with E-state index in [-0.39, 0.29) is 5.92 Å². The van der Waals surface area contributed by atoms with Gasteiger partial charge in [-0.15, -0.1) is 0 Å². The van der Waals surface area contributed by atoms with Gasteiger partial charge in [0.1, 0.15) is 0 Å². The van der Waals surface area contributed by atoms with E-state index >= 15 is 0 Å². The van der Waals surface area contributed by atoms with Crippen molar-refractivity contribution in [2.75, 3.05) is 49.1 Å². The first-order chi connectivity index (χ1) is 13.6.